The van der Waals surface area contributed by atoms with Crippen molar-refractivity contribution in [1.29, 1.82) is 0 Å². The zero-order valence-corrected chi connectivity index (χ0v) is 19.5. The SMILES string of the molecule is CC1(C)OB(c2ccc3nc4n(c3c2)[C@@H](c2c(OC(F)F)cccc2C(N)=O)CC4)OC1(C)C. The van der Waals surface area contributed by atoms with Crippen LogP contribution in [0.5, 0.6) is 5.75 Å². The second-order valence-electron chi connectivity index (χ2n) is 9.75. The summed E-state index contributed by atoms with van der Waals surface area (Å²) in [6.07, 6.45) is 1.19. The number of carbonyl (C=O) groups excluding carboxylic acids is 1. The van der Waals surface area contributed by atoms with Gasteiger partial charge in [0.15, 0.2) is 0 Å². The van der Waals surface area contributed by atoms with Crippen molar-refractivity contribution in [2.24, 2.45) is 5.73 Å². The third-order valence-electron chi connectivity index (χ3n) is 7.15. The predicted octanol–water partition coefficient (Wildman–Crippen LogP) is 3.57. The summed E-state index contributed by atoms with van der Waals surface area (Å²) in [5.41, 5.74) is 7.50. The minimum Gasteiger partial charge on any atom is -0.434 e. The Balaban J connectivity index is 1.62. The molecule has 1 saturated heterocycles. The molecule has 0 spiro atoms. The van der Waals surface area contributed by atoms with Gasteiger partial charge in [0.2, 0.25) is 5.91 Å². The molecular formula is C24H26BF2N3O4. The maximum atomic E-state index is 13.2. The number of hydrogen-bond acceptors (Lipinski definition) is 5. The number of carbonyl (C=O) groups is 1. The summed E-state index contributed by atoms with van der Waals surface area (Å²) < 4.78 is 45.5. The fourth-order valence-electron chi connectivity index (χ4n) is 4.78. The van der Waals surface area contributed by atoms with Gasteiger partial charge in [0.05, 0.1) is 28.3 Å². The van der Waals surface area contributed by atoms with Gasteiger partial charge in [-0.1, -0.05) is 12.1 Å². The summed E-state index contributed by atoms with van der Waals surface area (Å²) >= 11 is 0. The number of nitrogens with zero attached hydrogens (tertiary/aromatic N) is 2. The normalized spacial score (nSPS) is 20.8. The van der Waals surface area contributed by atoms with Crippen LogP contribution in [0.1, 0.15) is 61.9 Å². The molecule has 1 aromatic heterocycles. The van der Waals surface area contributed by atoms with Gasteiger partial charge in [-0.05, 0) is 63.8 Å². The number of imidazole rings is 1. The van der Waals surface area contributed by atoms with Crippen LogP contribution < -0.4 is 15.9 Å². The van der Waals surface area contributed by atoms with E-state index in [1.54, 1.807) is 0 Å². The first kappa shape index (κ1) is 22.8. The van der Waals surface area contributed by atoms with E-state index in [-0.39, 0.29) is 11.3 Å². The Kier molecular flexibility index (Phi) is 5.22. The number of amides is 1. The van der Waals surface area contributed by atoms with E-state index in [2.05, 4.69) is 0 Å². The zero-order valence-electron chi connectivity index (χ0n) is 19.5. The highest BCUT2D eigenvalue weighted by Crippen LogP contribution is 2.42. The summed E-state index contributed by atoms with van der Waals surface area (Å²) in [6.45, 7) is 4.93. The number of rotatable bonds is 5. The summed E-state index contributed by atoms with van der Waals surface area (Å²) in [5, 5.41) is 0. The molecule has 0 unspecified atom stereocenters. The second-order valence-corrected chi connectivity index (χ2v) is 9.75. The number of hydrogen-bond donors (Lipinski definition) is 1. The van der Waals surface area contributed by atoms with Gasteiger partial charge in [-0.15, -0.1) is 0 Å². The monoisotopic (exact) mass is 469 g/mol. The van der Waals surface area contributed by atoms with Crippen LogP contribution in [0.2, 0.25) is 0 Å². The molecule has 1 amide bonds. The van der Waals surface area contributed by atoms with Crippen LogP contribution in [0.4, 0.5) is 8.78 Å². The fourth-order valence-corrected chi connectivity index (χ4v) is 4.78. The van der Waals surface area contributed by atoms with Crippen LogP contribution in [0.3, 0.4) is 0 Å². The highest BCUT2D eigenvalue weighted by molar-refractivity contribution is 6.62. The first-order valence-corrected chi connectivity index (χ1v) is 11.2. The van der Waals surface area contributed by atoms with E-state index in [1.807, 2.05) is 50.5 Å². The molecule has 2 aromatic carbocycles. The Labute approximate surface area is 196 Å². The molecule has 7 nitrogen and oxygen atoms in total. The molecule has 3 aromatic rings. The van der Waals surface area contributed by atoms with E-state index >= 15 is 0 Å². The molecule has 10 heteroatoms. The van der Waals surface area contributed by atoms with Gasteiger partial charge in [-0.25, -0.2) is 4.98 Å². The summed E-state index contributed by atoms with van der Waals surface area (Å²) in [4.78, 5) is 16.9. The van der Waals surface area contributed by atoms with Crippen LogP contribution >= 0.6 is 0 Å². The number of aryl methyl sites for hydroxylation is 1. The van der Waals surface area contributed by atoms with Crippen LogP contribution in [0, 0.1) is 0 Å². The molecule has 5 rings (SSSR count). The Morgan fingerprint density at radius 3 is 2.56 bits per heavy atom. The van der Waals surface area contributed by atoms with Crippen molar-refractivity contribution in [3.8, 4) is 5.75 Å². The maximum Gasteiger partial charge on any atom is 0.494 e. The van der Waals surface area contributed by atoms with E-state index in [1.165, 1.54) is 18.2 Å². The number of nitrogens with two attached hydrogens (primary N) is 1. The Hall–Kier alpha value is -2.98. The van der Waals surface area contributed by atoms with Crippen molar-refractivity contribution in [2.45, 2.75) is 64.4 Å². The Morgan fingerprint density at radius 2 is 1.91 bits per heavy atom. The smallest absolute Gasteiger partial charge is 0.434 e. The number of ether oxygens (including phenoxy) is 1. The predicted molar refractivity (Wildman–Crippen MR) is 124 cm³/mol. The molecule has 0 aliphatic carbocycles. The van der Waals surface area contributed by atoms with Gasteiger partial charge in [0, 0.05) is 17.5 Å². The molecule has 3 heterocycles. The van der Waals surface area contributed by atoms with Crippen molar-refractivity contribution >= 4 is 29.5 Å². The standard InChI is InChI=1S/C24H26BF2N3O4/c1-23(2)24(3,4)34-25(33-23)13-8-9-15-17(12-13)30-16(10-11-19(30)29-15)20-14(21(28)31)6-5-7-18(20)32-22(26)27/h5-9,12,16,22H,10-11H2,1-4H3,(H2,28,31)/t16-/m1/s1. The van der Waals surface area contributed by atoms with Crippen LogP contribution in [0.25, 0.3) is 11.0 Å². The lowest BCUT2D eigenvalue weighted by atomic mass is 9.79. The maximum absolute atomic E-state index is 13.2. The number of fused-ring (bicyclic) bond motifs is 3. The molecule has 2 aliphatic rings. The molecule has 0 saturated carbocycles. The lowest BCUT2D eigenvalue weighted by Crippen LogP contribution is -2.41. The van der Waals surface area contributed by atoms with Gasteiger partial charge in [0.25, 0.3) is 0 Å². The lowest BCUT2D eigenvalue weighted by molar-refractivity contribution is -0.0507. The number of alkyl halides is 2. The van der Waals surface area contributed by atoms with Crippen molar-refractivity contribution in [2.75, 3.05) is 0 Å². The van der Waals surface area contributed by atoms with E-state index in [0.29, 0.717) is 18.4 Å². The van der Waals surface area contributed by atoms with Gasteiger partial charge in [-0.3, -0.25) is 4.79 Å². The Bertz CT molecular complexity index is 1270. The van der Waals surface area contributed by atoms with Crippen molar-refractivity contribution in [1.82, 2.24) is 9.55 Å². The third kappa shape index (κ3) is 3.56. The molecule has 1 atom stereocenters. The average Bonchev–Trinajstić information content (AvgIpc) is 3.37. The average molecular weight is 469 g/mol. The lowest BCUT2D eigenvalue weighted by Gasteiger charge is -2.32. The van der Waals surface area contributed by atoms with Gasteiger partial charge < -0.3 is 24.3 Å². The van der Waals surface area contributed by atoms with E-state index in [9.17, 15) is 13.6 Å². The molecule has 1 fully saturated rings. The van der Waals surface area contributed by atoms with Crippen molar-refractivity contribution in [3.05, 3.63) is 53.3 Å². The highest BCUT2D eigenvalue weighted by atomic mass is 19.3. The molecule has 178 valence electrons. The zero-order chi connectivity index (χ0) is 24.4. The number of halogens is 2. The van der Waals surface area contributed by atoms with Gasteiger partial charge in [0.1, 0.15) is 11.6 Å². The van der Waals surface area contributed by atoms with Crippen LogP contribution in [-0.2, 0) is 15.7 Å². The third-order valence-corrected chi connectivity index (χ3v) is 7.15. The summed E-state index contributed by atoms with van der Waals surface area (Å²) in [6, 6.07) is 9.78. The second kappa shape index (κ2) is 7.78. The largest absolute Gasteiger partial charge is 0.494 e. The van der Waals surface area contributed by atoms with E-state index in [4.69, 9.17) is 24.8 Å². The number of primary amides is 1. The molecule has 0 radical (unpaired) electrons. The van der Waals surface area contributed by atoms with Crippen molar-refractivity contribution in [3.63, 3.8) is 0 Å². The van der Waals surface area contributed by atoms with Crippen LogP contribution in [0.15, 0.2) is 36.4 Å². The molecule has 2 aliphatic heterocycles. The topological polar surface area (TPSA) is 88.6 Å². The summed E-state index contributed by atoms with van der Waals surface area (Å²) in [5.74, 6) is 0.0342. The number of aromatic nitrogens is 2. The van der Waals surface area contributed by atoms with Gasteiger partial charge in [-0.2, -0.15) is 8.78 Å². The quantitative estimate of drug-likeness (QED) is 0.578. The minimum absolute atomic E-state index is 0.0619. The number of benzene rings is 2. The van der Waals surface area contributed by atoms with E-state index < -0.39 is 36.9 Å². The molecule has 34 heavy (non-hydrogen) atoms. The van der Waals surface area contributed by atoms with Crippen LogP contribution in [-0.4, -0.2) is 40.4 Å². The summed E-state index contributed by atoms with van der Waals surface area (Å²) in [7, 11) is -0.559. The minimum atomic E-state index is -3.03. The van der Waals surface area contributed by atoms with Gasteiger partial charge >= 0.3 is 13.7 Å². The Morgan fingerprint density at radius 1 is 1.21 bits per heavy atom. The first-order chi connectivity index (χ1) is 16.0. The molecular weight excluding hydrogens is 443 g/mol. The molecule has 0 bridgehead atoms. The van der Waals surface area contributed by atoms with Crippen molar-refractivity contribution < 1.29 is 27.6 Å². The first-order valence-electron chi connectivity index (χ1n) is 11.2. The highest BCUT2D eigenvalue weighted by Gasteiger charge is 2.51. The fraction of sp³-hybridized carbons (Fsp3) is 0.417. The van der Waals surface area contributed by atoms with E-state index in [0.717, 1.165) is 22.3 Å². The molecule has 2 N–H and O–H groups in total.